The highest BCUT2D eigenvalue weighted by Crippen LogP contribution is 2.38. The number of benzene rings is 2. The second-order valence-electron chi connectivity index (χ2n) is 7.69. The molecule has 3 aromatic heterocycles. The van der Waals surface area contributed by atoms with Crippen LogP contribution in [-0.2, 0) is 16.6 Å². The normalized spacial score (nSPS) is 11.5. The molecule has 176 valence electrons. The van der Waals surface area contributed by atoms with Gasteiger partial charge in [-0.15, -0.1) is 11.3 Å². The van der Waals surface area contributed by atoms with Crippen LogP contribution in [0.25, 0.3) is 32.9 Å². The molecular weight excluding hydrogens is 482 g/mol. The maximum Gasteiger partial charge on any atom is 0.241 e. The van der Waals surface area contributed by atoms with Crippen LogP contribution in [0.15, 0.2) is 83.2 Å². The summed E-state index contributed by atoms with van der Waals surface area (Å²) >= 11 is 1.54. The summed E-state index contributed by atoms with van der Waals surface area (Å²) < 4.78 is 28.9. The first-order valence-electron chi connectivity index (χ1n) is 10.6. The van der Waals surface area contributed by atoms with Crippen LogP contribution in [0.1, 0.15) is 5.56 Å². The lowest BCUT2D eigenvalue weighted by Gasteiger charge is -2.12. The van der Waals surface area contributed by atoms with E-state index >= 15 is 0 Å². The number of rotatable bonds is 7. The van der Waals surface area contributed by atoms with Crippen molar-refractivity contribution in [2.75, 3.05) is 12.4 Å². The Labute approximate surface area is 206 Å². The van der Waals surface area contributed by atoms with E-state index in [1.54, 1.807) is 29.7 Å². The van der Waals surface area contributed by atoms with Crippen LogP contribution in [0.2, 0.25) is 0 Å². The molecule has 0 aliphatic rings. The minimum atomic E-state index is -3.89. The first-order valence-corrected chi connectivity index (χ1v) is 13.1. The lowest BCUT2D eigenvalue weighted by molar-refractivity contribution is 0.402. The van der Waals surface area contributed by atoms with Crippen molar-refractivity contribution >= 4 is 37.4 Å². The molecule has 0 atom stereocenters. The van der Waals surface area contributed by atoms with Gasteiger partial charge < -0.3 is 10.1 Å². The predicted molar refractivity (Wildman–Crippen MR) is 138 cm³/mol. The van der Waals surface area contributed by atoms with Crippen LogP contribution < -0.4 is 15.2 Å². The standard InChI is InChI=1S/C25H21N5O3S2/c1-33-20-13-16(10-11-21(20)35(26,31)32)14-28-24-22-18(17-7-3-2-4-8-17)15-34-25(22)30-23(29-24)19-9-5-6-12-27-19/h2-13,15H,14H2,1H3,(H2,26,31,32)(H,28,29,30). The van der Waals surface area contributed by atoms with Crippen LogP contribution in [0.4, 0.5) is 5.82 Å². The third-order valence-corrected chi connectivity index (χ3v) is 7.23. The molecule has 0 spiro atoms. The van der Waals surface area contributed by atoms with Crippen molar-refractivity contribution in [3.63, 3.8) is 0 Å². The number of primary sulfonamides is 1. The third kappa shape index (κ3) is 4.72. The third-order valence-electron chi connectivity index (χ3n) is 5.41. The van der Waals surface area contributed by atoms with Gasteiger partial charge in [-0.3, -0.25) is 4.98 Å². The van der Waals surface area contributed by atoms with Gasteiger partial charge in [-0.05, 0) is 35.4 Å². The van der Waals surface area contributed by atoms with Gasteiger partial charge in [0.05, 0.1) is 12.5 Å². The number of pyridine rings is 1. The van der Waals surface area contributed by atoms with Gasteiger partial charge >= 0.3 is 0 Å². The number of hydrogen-bond acceptors (Lipinski definition) is 8. The molecule has 5 aromatic rings. The van der Waals surface area contributed by atoms with Crippen LogP contribution >= 0.6 is 11.3 Å². The maximum absolute atomic E-state index is 11.8. The Balaban J connectivity index is 1.58. The number of nitrogens with one attached hydrogen (secondary N) is 1. The molecule has 5 rings (SSSR count). The number of ether oxygens (including phenoxy) is 1. The predicted octanol–water partition coefficient (Wildman–Crippen LogP) is 4.69. The molecule has 0 amide bonds. The zero-order valence-electron chi connectivity index (χ0n) is 18.7. The highest BCUT2D eigenvalue weighted by molar-refractivity contribution is 7.89. The molecule has 0 aliphatic carbocycles. The molecule has 0 radical (unpaired) electrons. The van der Waals surface area contributed by atoms with E-state index in [0.29, 0.717) is 23.9 Å². The molecule has 0 fully saturated rings. The van der Waals surface area contributed by atoms with Gasteiger partial charge in [-0.25, -0.2) is 23.5 Å². The summed E-state index contributed by atoms with van der Waals surface area (Å²) in [5.41, 5.74) is 3.57. The average Bonchev–Trinajstić information content (AvgIpc) is 3.32. The summed E-state index contributed by atoms with van der Waals surface area (Å²) in [6.07, 6.45) is 1.71. The van der Waals surface area contributed by atoms with Gasteiger partial charge in [-0.1, -0.05) is 42.5 Å². The zero-order valence-corrected chi connectivity index (χ0v) is 20.3. The number of thiophene rings is 1. The van der Waals surface area contributed by atoms with E-state index in [2.05, 4.69) is 27.8 Å². The summed E-state index contributed by atoms with van der Waals surface area (Å²) in [4.78, 5) is 14.8. The Morgan fingerprint density at radius 2 is 1.83 bits per heavy atom. The second kappa shape index (κ2) is 9.41. The van der Waals surface area contributed by atoms with Crippen molar-refractivity contribution < 1.29 is 13.2 Å². The van der Waals surface area contributed by atoms with Crippen LogP contribution in [0, 0.1) is 0 Å². The van der Waals surface area contributed by atoms with Crippen molar-refractivity contribution in [2.24, 2.45) is 5.14 Å². The van der Waals surface area contributed by atoms with E-state index in [1.807, 2.05) is 36.4 Å². The minimum absolute atomic E-state index is 0.0604. The molecule has 10 heteroatoms. The topological polar surface area (TPSA) is 120 Å². The van der Waals surface area contributed by atoms with Crippen LogP contribution in [0.3, 0.4) is 0 Å². The zero-order chi connectivity index (χ0) is 24.4. The Bertz CT molecular complexity index is 1610. The summed E-state index contributed by atoms with van der Waals surface area (Å²) in [5, 5.41) is 11.7. The Hall–Kier alpha value is -3.86. The number of hydrogen-bond donors (Lipinski definition) is 2. The van der Waals surface area contributed by atoms with Gasteiger partial charge in [0.1, 0.15) is 27.0 Å². The van der Waals surface area contributed by atoms with E-state index in [1.165, 1.54) is 13.2 Å². The van der Waals surface area contributed by atoms with Crippen molar-refractivity contribution in [3.8, 4) is 28.4 Å². The van der Waals surface area contributed by atoms with Crippen molar-refractivity contribution in [3.05, 3.63) is 83.9 Å². The lowest BCUT2D eigenvalue weighted by atomic mass is 10.1. The quantitative estimate of drug-likeness (QED) is 0.331. The number of sulfonamides is 1. The Morgan fingerprint density at radius 1 is 1.03 bits per heavy atom. The largest absolute Gasteiger partial charge is 0.495 e. The van der Waals surface area contributed by atoms with E-state index < -0.39 is 10.0 Å². The van der Waals surface area contributed by atoms with Gasteiger partial charge in [-0.2, -0.15) is 0 Å². The lowest BCUT2D eigenvalue weighted by Crippen LogP contribution is -2.14. The summed E-state index contributed by atoms with van der Waals surface area (Å²) in [7, 11) is -2.49. The monoisotopic (exact) mass is 503 g/mol. The Morgan fingerprint density at radius 3 is 2.54 bits per heavy atom. The van der Waals surface area contributed by atoms with E-state index in [9.17, 15) is 8.42 Å². The number of aromatic nitrogens is 3. The molecule has 35 heavy (non-hydrogen) atoms. The van der Waals surface area contributed by atoms with Crippen LogP contribution in [0.5, 0.6) is 5.75 Å². The number of nitrogens with two attached hydrogens (primary N) is 1. The number of anilines is 1. The molecule has 0 unspecified atom stereocenters. The van der Waals surface area contributed by atoms with Crippen LogP contribution in [-0.4, -0.2) is 30.5 Å². The highest BCUT2D eigenvalue weighted by Gasteiger charge is 2.18. The number of methoxy groups -OCH3 is 1. The minimum Gasteiger partial charge on any atom is -0.495 e. The van der Waals surface area contributed by atoms with Gasteiger partial charge in [0.2, 0.25) is 10.0 Å². The molecule has 2 aromatic carbocycles. The van der Waals surface area contributed by atoms with Gasteiger partial charge in [0, 0.05) is 23.7 Å². The molecule has 0 saturated carbocycles. The molecule has 0 saturated heterocycles. The molecule has 8 nitrogen and oxygen atoms in total. The second-order valence-corrected chi connectivity index (χ2v) is 10.1. The molecule has 3 N–H and O–H groups in total. The molecule has 0 bridgehead atoms. The number of nitrogens with zero attached hydrogens (tertiary/aromatic N) is 3. The van der Waals surface area contributed by atoms with Crippen molar-refractivity contribution in [1.29, 1.82) is 0 Å². The van der Waals surface area contributed by atoms with Gasteiger partial charge in [0.15, 0.2) is 5.82 Å². The van der Waals surface area contributed by atoms with E-state index in [0.717, 1.165) is 26.9 Å². The van der Waals surface area contributed by atoms with E-state index in [4.69, 9.17) is 19.8 Å². The highest BCUT2D eigenvalue weighted by atomic mass is 32.2. The maximum atomic E-state index is 11.8. The SMILES string of the molecule is COc1cc(CNc2nc(-c3ccccn3)nc3scc(-c4ccccc4)c23)ccc1S(N)(=O)=O. The van der Waals surface area contributed by atoms with Crippen molar-refractivity contribution in [2.45, 2.75) is 11.4 Å². The fraction of sp³-hybridized carbons (Fsp3) is 0.0800. The molecule has 0 aliphatic heterocycles. The first kappa shape index (κ1) is 22.9. The summed E-state index contributed by atoms with van der Waals surface area (Å²) in [6.45, 7) is 0.374. The Kier molecular flexibility index (Phi) is 6.16. The smallest absolute Gasteiger partial charge is 0.241 e. The first-order chi connectivity index (χ1) is 16.9. The fourth-order valence-electron chi connectivity index (χ4n) is 3.75. The van der Waals surface area contributed by atoms with E-state index in [-0.39, 0.29) is 10.6 Å². The summed E-state index contributed by atoms with van der Waals surface area (Å²) in [6, 6.07) is 20.5. The molecular formula is C25H21N5O3S2. The molecule has 3 heterocycles. The van der Waals surface area contributed by atoms with Gasteiger partial charge in [0.25, 0.3) is 0 Å². The van der Waals surface area contributed by atoms with Crippen molar-refractivity contribution in [1.82, 2.24) is 15.0 Å². The fourth-order valence-corrected chi connectivity index (χ4v) is 5.38. The number of fused-ring (bicyclic) bond motifs is 1. The average molecular weight is 504 g/mol. The summed E-state index contributed by atoms with van der Waals surface area (Å²) in [5.74, 6) is 1.36.